The van der Waals surface area contributed by atoms with Crippen LogP contribution in [0.2, 0.25) is 0 Å². The molecule has 102 valence electrons. The van der Waals surface area contributed by atoms with Gasteiger partial charge in [-0.05, 0) is 37.3 Å². The molecule has 20 heavy (non-hydrogen) atoms. The summed E-state index contributed by atoms with van der Waals surface area (Å²) in [6, 6.07) is 3.66. The fraction of sp³-hybridized carbons (Fsp3) is 0.357. The molecule has 0 aliphatic heterocycles. The molecule has 2 N–H and O–H groups in total. The Hall–Kier alpha value is -2.37. The monoisotopic (exact) mass is 269 g/mol. The zero-order valence-electron chi connectivity index (χ0n) is 11.2. The van der Waals surface area contributed by atoms with Crippen LogP contribution in [0.15, 0.2) is 22.8 Å². The summed E-state index contributed by atoms with van der Waals surface area (Å²) in [7, 11) is 0. The molecule has 0 radical (unpaired) electrons. The maximum atomic E-state index is 6.01. The van der Waals surface area contributed by atoms with Crippen molar-refractivity contribution in [2.24, 2.45) is 0 Å². The van der Waals surface area contributed by atoms with Gasteiger partial charge in [0.2, 0.25) is 11.8 Å². The Morgan fingerprint density at radius 2 is 2.30 bits per heavy atom. The van der Waals surface area contributed by atoms with Crippen molar-refractivity contribution in [1.29, 1.82) is 0 Å². The Morgan fingerprint density at radius 1 is 1.40 bits per heavy atom. The number of anilines is 1. The van der Waals surface area contributed by atoms with Crippen molar-refractivity contribution in [2.45, 2.75) is 32.1 Å². The third-order valence-corrected chi connectivity index (χ3v) is 3.91. The SMILES string of the molecule is CC1CCCc2nc(N)n3nc(-c4ccco4)nc3c21. The number of nitrogens with zero attached hydrogens (tertiary/aromatic N) is 4. The van der Waals surface area contributed by atoms with E-state index >= 15 is 0 Å². The maximum absolute atomic E-state index is 6.01. The van der Waals surface area contributed by atoms with E-state index in [9.17, 15) is 0 Å². The van der Waals surface area contributed by atoms with Gasteiger partial charge < -0.3 is 10.2 Å². The Kier molecular flexibility index (Phi) is 2.33. The van der Waals surface area contributed by atoms with Gasteiger partial charge in [0, 0.05) is 5.56 Å². The number of aromatic nitrogens is 4. The van der Waals surface area contributed by atoms with Crippen molar-refractivity contribution in [1.82, 2.24) is 19.6 Å². The Bertz CT molecular complexity index is 775. The van der Waals surface area contributed by atoms with Crippen LogP contribution < -0.4 is 5.73 Å². The molecule has 4 rings (SSSR count). The topological polar surface area (TPSA) is 82.2 Å². The molecule has 1 aliphatic rings. The highest BCUT2D eigenvalue weighted by atomic mass is 16.3. The Morgan fingerprint density at radius 3 is 3.10 bits per heavy atom. The predicted octanol–water partition coefficient (Wildman–Crippen LogP) is 2.41. The molecule has 1 unspecified atom stereocenters. The number of nitrogens with two attached hydrogens (primary N) is 1. The first-order valence-corrected chi connectivity index (χ1v) is 6.83. The lowest BCUT2D eigenvalue weighted by molar-refractivity contribution is 0.576. The first-order chi connectivity index (χ1) is 9.74. The summed E-state index contributed by atoms with van der Waals surface area (Å²) in [5.41, 5.74) is 9.06. The summed E-state index contributed by atoms with van der Waals surface area (Å²) >= 11 is 0. The summed E-state index contributed by atoms with van der Waals surface area (Å²) in [6.07, 6.45) is 4.87. The fourth-order valence-corrected chi connectivity index (χ4v) is 2.95. The van der Waals surface area contributed by atoms with Crippen molar-refractivity contribution in [2.75, 3.05) is 5.73 Å². The van der Waals surface area contributed by atoms with Crippen LogP contribution in [-0.4, -0.2) is 19.6 Å². The molecule has 3 aromatic rings. The smallest absolute Gasteiger partial charge is 0.223 e. The summed E-state index contributed by atoms with van der Waals surface area (Å²) in [5.74, 6) is 2.01. The second kappa shape index (κ2) is 4.06. The van der Waals surface area contributed by atoms with E-state index in [4.69, 9.17) is 10.2 Å². The molecule has 6 nitrogen and oxygen atoms in total. The van der Waals surface area contributed by atoms with Crippen molar-refractivity contribution in [3.05, 3.63) is 29.7 Å². The van der Waals surface area contributed by atoms with Crippen LogP contribution in [-0.2, 0) is 6.42 Å². The van der Waals surface area contributed by atoms with Gasteiger partial charge in [0.1, 0.15) is 0 Å². The van der Waals surface area contributed by atoms with E-state index in [0.29, 0.717) is 23.5 Å². The molecule has 6 heteroatoms. The number of furan rings is 1. The van der Waals surface area contributed by atoms with Crippen LogP contribution in [0.4, 0.5) is 5.95 Å². The van der Waals surface area contributed by atoms with Crippen LogP contribution in [0.3, 0.4) is 0 Å². The van der Waals surface area contributed by atoms with Crippen molar-refractivity contribution in [3.8, 4) is 11.6 Å². The minimum Gasteiger partial charge on any atom is -0.461 e. The predicted molar refractivity (Wildman–Crippen MR) is 74.2 cm³/mol. The van der Waals surface area contributed by atoms with E-state index in [1.807, 2.05) is 12.1 Å². The minimum atomic E-state index is 0.387. The number of fused-ring (bicyclic) bond motifs is 3. The van der Waals surface area contributed by atoms with Crippen molar-refractivity contribution >= 4 is 11.6 Å². The van der Waals surface area contributed by atoms with Gasteiger partial charge in [0.05, 0.1) is 12.0 Å². The van der Waals surface area contributed by atoms with Gasteiger partial charge in [-0.1, -0.05) is 6.92 Å². The first-order valence-electron chi connectivity index (χ1n) is 6.83. The molecule has 0 amide bonds. The lowest BCUT2D eigenvalue weighted by Gasteiger charge is -2.21. The highest BCUT2D eigenvalue weighted by molar-refractivity contribution is 5.60. The fourth-order valence-electron chi connectivity index (χ4n) is 2.95. The molecular formula is C14H15N5O. The maximum Gasteiger partial charge on any atom is 0.223 e. The van der Waals surface area contributed by atoms with Gasteiger partial charge >= 0.3 is 0 Å². The summed E-state index contributed by atoms with van der Waals surface area (Å²) in [4.78, 5) is 9.11. The van der Waals surface area contributed by atoms with Gasteiger partial charge in [-0.15, -0.1) is 5.10 Å². The molecule has 0 saturated carbocycles. The second-order valence-electron chi connectivity index (χ2n) is 5.27. The number of aryl methyl sites for hydroxylation is 1. The second-order valence-corrected chi connectivity index (χ2v) is 5.27. The lowest BCUT2D eigenvalue weighted by Crippen LogP contribution is -2.15. The van der Waals surface area contributed by atoms with E-state index < -0.39 is 0 Å². The van der Waals surface area contributed by atoms with Crippen LogP contribution in [0.25, 0.3) is 17.2 Å². The zero-order chi connectivity index (χ0) is 13.7. The molecule has 0 bridgehead atoms. The first kappa shape index (κ1) is 11.5. The number of rotatable bonds is 1. The van der Waals surface area contributed by atoms with Gasteiger partial charge in [0.25, 0.3) is 0 Å². The average Bonchev–Trinajstić information content (AvgIpc) is 3.08. The molecular weight excluding hydrogens is 254 g/mol. The van der Waals surface area contributed by atoms with Gasteiger partial charge in [-0.3, -0.25) is 0 Å². The molecule has 0 fully saturated rings. The third-order valence-electron chi connectivity index (χ3n) is 3.91. The van der Waals surface area contributed by atoms with Crippen molar-refractivity contribution in [3.63, 3.8) is 0 Å². The van der Waals surface area contributed by atoms with Gasteiger partial charge in [-0.25, -0.2) is 9.97 Å². The van der Waals surface area contributed by atoms with Crippen LogP contribution in [0, 0.1) is 0 Å². The van der Waals surface area contributed by atoms with E-state index in [1.165, 1.54) is 5.56 Å². The minimum absolute atomic E-state index is 0.387. The molecule has 1 atom stereocenters. The van der Waals surface area contributed by atoms with Crippen LogP contribution >= 0.6 is 0 Å². The highest BCUT2D eigenvalue weighted by Gasteiger charge is 2.25. The van der Waals surface area contributed by atoms with Gasteiger partial charge in [0.15, 0.2) is 11.4 Å². The Labute approximate surface area is 115 Å². The highest BCUT2D eigenvalue weighted by Crippen LogP contribution is 2.34. The molecule has 0 spiro atoms. The number of hydrogen-bond acceptors (Lipinski definition) is 5. The standard InChI is InChI=1S/C14H15N5O/c1-8-4-2-5-9-11(8)13-17-12(10-6-3-7-20-10)18-19(13)14(15)16-9/h3,6-8H,2,4-5H2,1H3,(H2,15,16). The Balaban J connectivity index is 2.01. The average molecular weight is 269 g/mol. The molecule has 0 aromatic carbocycles. The van der Waals surface area contributed by atoms with Crippen molar-refractivity contribution < 1.29 is 4.42 Å². The lowest BCUT2D eigenvalue weighted by atomic mass is 9.87. The van der Waals surface area contributed by atoms with Crippen LogP contribution in [0.1, 0.15) is 36.9 Å². The molecule has 1 aliphatic carbocycles. The summed E-state index contributed by atoms with van der Waals surface area (Å²) in [5, 5.41) is 4.42. The molecule has 3 aromatic heterocycles. The third kappa shape index (κ3) is 1.54. The number of nitrogen functional groups attached to an aromatic ring is 1. The van der Waals surface area contributed by atoms with E-state index in [2.05, 4.69) is 22.0 Å². The van der Waals surface area contributed by atoms with E-state index in [1.54, 1.807) is 10.8 Å². The largest absolute Gasteiger partial charge is 0.461 e. The van der Waals surface area contributed by atoms with E-state index in [-0.39, 0.29) is 0 Å². The summed E-state index contributed by atoms with van der Waals surface area (Å²) < 4.78 is 6.98. The van der Waals surface area contributed by atoms with Crippen LogP contribution in [0.5, 0.6) is 0 Å². The number of hydrogen-bond donors (Lipinski definition) is 1. The molecule has 3 heterocycles. The van der Waals surface area contributed by atoms with Gasteiger partial charge in [-0.2, -0.15) is 4.52 Å². The summed E-state index contributed by atoms with van der Waals surface area (Å²) in [6.45, 7) is 2.21. The van der Waals surface area contributed by atoms with E-state index in [0.717, 1.165) is 30.6 Å². The zero-order valence-corrected chi connectivity index (χ0v) is 11.2. The molecule has 0 saturated heterocycles. The quantitative estimate of drug-likeness (QED) is 0.733. The normalized spacial score (nSPS) is 18.4.